The zero-order valence-corrected chi connectivity index (χ0v) is 10.7. The zero-order valence-electron chi connectivity index (χ0n) is 10.7. The number of hydrogen-bond acceptors (Lipinski definition) is 3. The van der Waals surface area contributed by atoms with Gasteiger partial charge in [-0.05, 0) is 30.7 Å². The highest BCUT2D eigenvalue weighted by Crippen LogP contribution is 2.25. The summed E-state index contributed by atoms with van der Waals surface area (Å²) in [6.07, 6.45) is 2.34. The van der Waals surface area contributed by atoms with Crippen molar-refractivity contribution >= 4 is 11.6 Å². The average molecular weight is 256 g/mol. The lowest BCUT2D eigenvalue weighted by Gasteiger charge is -2.16. The van der Waals surface area contributed by atoms with Crippen molar-refractivity contribution in [1.29, 1.82) is 0 Å². The van der Waals surface area contributed by atoms with Crippen molar-refractivity contribution in [2.45, 2.75) is 25.4 Å². The summed E-state index contributed by atoms with van der Waals surface area (Å²) in [6.45, 7) is 1.92. The monoisotopic (exact) mass is 256 g/mol. The molecule has 0 saturated heterocycles. The van der Waals surface area contributed by atoms with Crippen LogP contribution in [0.4, 0.5) is 5.69 Å². The molecule has 4 nitrogen and oxygen atoms in total. The molecule has 0 fully saturated rings. The van der Waals surface area contributed by atoms with E-state index in [0.29, 0.717) is 0 Å². The van der Waals surface area contributed by atoms with Gasteiger partial charge >= 0.3 is 0 Å². The molecular weight excluding hydrogens is 240 g/mol. The van der Waals surface area contributed by atoms with Crippen molar-refractivity contribution in [2.24, 2.45) is 0 Å². The number of para-hydroxylation sites is 1. The molecule has 1 unspecified atom stereocenters. The van der Waals surface area contributed by atoms with Crippen LogP contribution in [-0.2, 0) is 11.2 Å². The second kappa shape index (κ2) is 4.80. The summed E-state index contributed by atoms with van der Waals surface area (Å²) in [5.41, 5.74) is 2.24. The van der Waals surface area contributed by atoms with Crippen LogP contribution in [0.1, 0.15) is 24.3 Å². The highest BCUT2D eigenvalue weighted by Gasteiger charge is 2.27. The summed E-state index contributed by atoms with van der Waals surface area (Å²) in [6, 6.07) is 11.4. The molecule has 1 aromatic carbocycles. The van der Waals surface area contributed by atoms with E-state index in [4.69, 9.17) is 4.42 Å². The molecule has 0 radical (unpaired) electrons. The van der Waals surface area contributed by atoms with Crippen LogP contribution >= 0.6 is 0 Å². The number of nitrogens with one attached hydrogen (secondary N) is 2. The van der Waals surface area contributed by atoms with E-state index in [1.165, 1.54) is 5.56 Å². The van der Waals surface area contributed by atoms with Crippen LogP contribution in [0.2, 0.25) is 0 Å². The van der Waals surface area contributed by atoms with Crippen LogP contribution < -0.4 is 10.6 Å². The molecule has 1 aliphatic rings. The number of carbonyl (C=O) groups excluding carboxylic acids is 1. The minimum atomic E-state index is -0.199. The number of anilines is 1. The molecule has 2 atom stereocenters. The van der Waals surface area contributed by atoms with E-state index < -0.39 is 0 Å². The minimum absolute atomic E-state index is 0.0000926. The summed E-state index contributed by atoms with van der Waals surface area (Å²) in [5, 5.41) is 6.21. The summed E-state index contributed by atoms with van der Waals surface area (Å²) in [4.78, 5) is 12.2. The molecule has 4 heteroatoms. The Bertz CT molecular complexity index is 553. The molecule has 0 bridgehead atoms. The molecule has 19 heavy (non-hydrogen) atoms. The number of fused-ring (bicyclic) bond motifs is 1. The molecule has 98 valence electrons. The molecule has 2 aromatic rings. The molecule has 0 aliphatic carbocycles. The third-order valence-corrected chi connectivity index (χ3v) is 3.42. The van der Waals surface area contributed by atoms with Gasteiger partial charge in [0.2, 0.25) is 5.91 Å². The van der Waals surface area contributed by atoms with Gasteiger partial charge in [0.25, 0.3) is 0 Å². The maximum atomic E-state index is 12.2. The molecule has 0 spiro atoms. The SMILES string of the molecule is C[C@H](NC(=O)C1Cc2ccccc2N1)c1ccco1. The van der Waals surface area contributed by atoms with Crippen LogP contribution in [0.15, 0.2) is 47.1 Å². The fourth-order valence-electron chi connectivity index (χ4n) is 2.38. The lowest BCUT2D eigenvalue weighted by atomic mass is 10.1. The number of benzene rings is 1. The van der Waals surface area contributed by atoms with E-state index in [0.717, 1.165) is 17.9 Å². The zero-order chi connectivity index (χ0) is 13.2. The molecule has 1 aliphatic heterocycles. The van der Waals surface area contributed by atoms with E-state index in [1.807, 2.05) is 43.3 Å². The summed E-state index contributed by atoms with van der Waals surface area (Å²) in [7, 11) is 0. The van der Waals surface area contributed by atoms with Crippen LogP contribution in [0.25, 0.3) is 0 Å². The van der Waals surface area contributed by atoms with E-state index in [1.54, 1.807) is 6.26 Å². The molecule has 1 aromatic heterocycles. The third kappa shape index (κ3) is 2.34. The van der Waals surface area contributed by atoms with Gasteiger partial charge in [0, 0.05) is 12.1 Å². The molecular formula is C15H16N2O2. The Morgan fingerprint density at radius 1 is 1.37 bits per heavy atom. The van der Waals surface area contributed by atoms with E-state index >= 15 is 0 Å². The molecule has 0 saturated carbocycles. The lowest BCUT2D eigenvalue weighted by Crippen LogP contribution is -2.39. The topological polar surface area (TPSA) is 54.3 Å². The number of hydrogen-bond donors (Lipinski definition) is 2. The van der Waals surface area contributed by atoms with Gasteiger partial charge in [-0.3, -0.25) is 4.79 Å². The third-order valence-electron chi connectivity index (χ3n) is 3.42. The predicted molar refractivity (Wildman–Crippen MR) is 72.8 cm³/mol. The van der Waals surface area contributed by atoms with Gasteiger partial charge in [0.15, 0.2) is 0 Å². The van der Waals surface area contributed by atoms with Crippen LogP contribution in [0.3, 0.4) is 0 Å². The van der Waals surface area contributed by atoms with Gasteiger partial charge < -0.3 is 15.1 Å². The summed E-state index contributed by atoms with van der Waals surface area (Å²) in [5.74, 6) is 0.768. The summed E-state index contributed by atoms with van der Waals surface area (Å²) >= 11 is 0. The Morgan fingerprint density at radius 3 is 2.95 bits per heavy atom. The maximum absolute atomic E-state index is 12.2. The largest absolute Gasteiger partial charge is 0.467 e. The molecule has 3 rings (SSSR count). The Balaban J connectivity index is 1.64. The Morgan fingerprint density at radius 2 is 2.21 bits per heavy atom. The first-order chi connectivity index (χ1) is 9.24. The molecule has 2 N–H and O–H groups in total. The first kappa shape index (κ1) is 11.8. The quantitative estimate of drug-likeness (QED) is 0.887. The van der Waals surface area contributed by atoms with Gasteiger partial charge in [-0.15, -0.1) is 0 Å². The standard InChI is InChI=1S/C15H16N2O2/c1-10(14-7-4-8-19-14)16-15(18)13-9-11-5-2-3-6-12(11)17-13/h2-8,10,13,17H,9H2,1H3,(H,16,18)/t10-,13?/m0/s1. The molecule has 2 heterocycles. The molecule has 1 amide bonds. The fourth-order valence-corrected chi connectivity index (χ4v) is 2.38. The lowest BCUT2D eigenvalue weighted by molar-refractivity contribution is -0.122. The minimum Gasteiger partial charge on any atom is -0.467 e. The van der Waals surface area contributed by atoms with Crippen molar-refractivity contribution < 1.29 is 9.21 Å². The first-order valence-electron chi connectivity index (χ1n) is 6.42. The fraction of sp³-hybridized carbons (Fsp3) is 0.267. The smallest absolute Gasteiger partial charge is 0.243 e. The van der Waals surface area contributed by atoms with Crippen molar-refractivity contribution in [3.63, 3.8) is 0 Å². The second-order valence-electron chi connectivity index (χ2n) is 4.80. The van der Waals surface area contributed by atoms with Gasteiger partial charge in [-0.2, -0.15) is 0 Å². The van der Waals surface area contributed by atoms with Crippen LogP contribution in [0.5, 0.6) is 0 Å². The summed E-state index contributed by atoms with van der Waals surface area (Å²) < 4.78 is 5.29. The average Bonchev–Trinajstić information content (AvgIpc) is 3.07. The number of carbonyl (C=O) groups is 1. The number of furan rings is 1. The van der Waals surface area contributed by atoms with Gasteiger partial charge in [-0.1, -0.05) is 18.2 Å². The van der Waals surface area contributed by atoms with E-state index in [2.05, 4.69) is 10.6 Å². The van der Waals surface area contributed by atoms with Gasteiger partial charge in [0.05, 0.1) is 12.3 Å². The number of rotatable bonds is 3. The van der Waals surface area contributed by atoms with E-state index in [9.17, 15) is 4.79 Å². The second-order valence-corrected chi connectivity index (χ2v) is 4.80. The normalized spacial score (nSPS) is 18.5. The van der Waals surface area contributed by atoms with Gasteiger partial charge in [0.1, 0.15) is 11.8 Å². The van der Waals surface area contributed by atoms with Crippen molar-refractivity contribution in [3.8, 4) is 0 Å². The highest BCUT2D eigenvalue weighted by atomic mass is 16.3. The first-order valence-corrected chi connectivity index (χ1v) is 6.42. The van der Waals surface area contributed by atoms with Crippen molar-refractivity contribution in [1.82, 2.24) is 5.32 Å². The van der Waals surface area contributed by atoms with E-state index in [-0.39, 0.29) is 18.0 Å². The predicted octanol–water partition coefficient (Wildman–Crippen LogP) is 2.49. The van der Waals surface area contributed by atoms with Crippen LogP contribution in [-0.4, -0.2) is 11.9 Å². The van der Waals surface area contributed by atoms with Gasteiger partial charge in [-0.25, -0.2) is 0 Å². The highest BCUT2D eigenvalue weighted by molar-refractivity contribution is 5.87. The maximum Gasteiger partial charge on any atom is 0.243 e. The Hall–Kier alpha value is -2.23. The van der Waals surface area contributed by atoms with Crippen molar-refractivity contribution in [2.75, 3.05) is 5.32 Å². The number of amides is 1. The van der Waals surface area contributed by atoms with Crippen LogP contribution in [0, 0.1) is 0 Å². The Labute approximate surface area is 111 Å². The Kier molecular flexibility index (Phi) is 2.99. The van der Waals surface area contributed by atoms with Crippen molar-refractivity contribution in [3.05, 3.63) is 54.0 Å².